The zero-order chi connectivity index (χ0) is 21.0. The molecule has 0 spiro atoms. The van der Waals surface area contributed by atoms with Crippen LogP contribution in [0.1, 0.15) is 34.0 Å². The Hall–Kier alpha value is -3.67. The summed E-state index contributed by atoms with van der Waals surface area (Å²) in [5.74, 6) is -0.522. The highest BCUT2D eigenvalue weighted by Gasteiger charge is 2.10. The van der Waals surface area contributed by atoms with Crippen molar-refractivity contribution >= 4 is 23.2 Å². The van der Waals surface area contributed by atoms with Crippen molar-refractivity contribution in [2.75, 3.05) is 10.6 Å². The minimum atomic E-state index is -0.334. The quantitative estimate of drug-likeness (QED) is 0.698. The van der Waals surface area contributed by atoms with Gasteiger partial charge in [0, 0.05) is 30.6 Å². The summed E-state index contributed by atoms with van der Waals surface area (Å²) in [4.78, 5) is 36.2. The number of aromatic nitrogens is 1. The lowest BCUT2D eigenvalue weighted by molar-refractivity contribution is -0.114. The molecule has 3 rings (SSSR count). The van der Waals surface area contributed by atoms with E-state index in [0.29, 0.717) is 23.5 Å². The Kier molecular flexibility index (Phi) is 5.93. The van der Waals surface area contributed by atoms with Gasteiger partial charge in [-0.2, -0.15) is 0 Å². The maximum atomic E-state index is 12.7. The number of aryl methyl sites for hydroxylation is 2. The van der Waals surface area contributed by atoms with E-state index >= 15 is 0 Å². The number of anilines is 2. The van der Waals surface area contributed by atoms with Crippen LogP contribution in [0, 0.1) is 13.8 Å². The Morgan fingerprint density at radius 3 is 2.38 bits per heavy atom. The van der Waals surface area contributed by atoms with E-state index in [1.807, 2.05) is 32.0 Å². The molecule has 0 unspecified atom stereocenters. The molecule has 2 amide bonds. The van der Waals surface area contributed by atoms with E-state index in [0.717, 1.165) is 16.7 Å². The highest BCUT2D eigenvalue weighted by Crippen LogP contribution is 2.16. The fraction of sp³-hybridized carbons (Fsp3) is 0.174. The number of rotatable bonds is 5. The van der Waals surface area contributed by atoms with E-state index in [1.165, 1.54) is 23.6 Å². The highest BCUT2D eigenvalue weighted by molar-refractivity contribution is 6.04. The van der Waals surface area contributed by atoms with Crippen LogP contribution in [0.2, 0.25) is 0 Å². The Morgan fingerprint density at radius 1 is 0.931 bits per heavy atom. The second-order valence-corrected chi connectivity index (χ2v) is 7.03. The summed E-state index contributed by atoms with van der Waals surface area (Å²) in [7, 11) is 0. The molecular formula is C23H23N3O3. The van der Waals surface area contributed by atoms with Crippen molar-refractivity contribution in [2.24, 2.45) is 0 Å². The van der Waals surface area contributed by atoms with Crippen LogP contribution in [0.4, 0.5) is 11.4 Å². The molecule has 0 saturated carbocycles. The standard InChI is InChI=1S/C23H23N3O3/c1-15-7-8-16(2)19(11-15)14-26-13-18(9-10-22(26)28)23(29)25-21-6-4-5-20(12-21)24-17(3)27/h4-13H,14H2,1-3H3,(H,24,27)(H,25,29). The zero-order valence-corrected chi connectivity index (χ0v) is 16.7. The van der Waals surface area contributed by atoms with Crippen LogP contribution < -0.4 is 16.2 Å². The summed E-state index contributed by atoms with van der Waals surface area (Å²) in [6.45, 7) is 5.82. The van der Waals surface area contributed by atoms with Crippen molar-refractivity contribution in [1.82, 2.24) is 4.57 Å². The van der Waals surface area contributed by atoms with Gasteiger partial charge >= 0.3 is 0 Å². The number of hydrogen-bond acceptors (Lipinski definition) is 3. The molecule has 0 bridgehead atoms. The summed E-state index contributed by atoms with van der Waals surface area (Å²) in [5, 5.41) is 5.47. The number of pyridine rings is 1. The number of amides is 2. The monoisotopic (exact) mass is 389 g/mol. The first-order chi connectivity index (χ1) is 13.8. The van der Waals surface area contributed by atoms with E-state index < -0.39 is 0 Å². The van der Waals surface area contributed by atoms with Crippen molar-refractivity contribution in [3.63, 3.8) is 0 Å². The lowest BCUT2D eigenvalue weighted by atomic mass is 10.1. The molecule has 148 valence electrons. The van der Waals surface area contributed by atoms with Crippen molar-refractivity contribution in [3.05, 3.63) is 93.4 Å². The molecule has 0 atom stereocenters. The van der Waals surface area contributed by atoms with Gasteiger partial charge in [-0.05, 0) is 49.2 Å². The van der Waals surface area contributed by atoms with Crippen molar-refractivity contribution in [1.29, 1.82) is 0 Å². The SMILES string of the molecule is CC(=O)Nc1cccc(NC(=O)c2ccc(=O)n(Cc3cc(C)ccc3C)c2)c1. The van der Waals surface area contributed by atoms with Crippen LogP contribution in [0.15, 0.2) is 65.6 Å². The van der Waals surface area contributed by atoms with Crippen LogP contribution >= 0.6 is 0 Å². The fourth-order valence-electron chi connectivity index (χ4n) is 3.02. The largest absolute Gasteiger partial charge is 0.326 e. The predicted molar refractivity (Wildman–Crippen MR) is 114 cm³/mol. The molecule has 0 radical (unpaired) electrons. The second-order valence-electron chi connectivity index (χ2n) is 7.03. The van der Waals surface area contributed by atoms with Gasteiger partial charge in [-0.15, -0.1) is 0 Å². The number of carbonyl (C=O) groups is 2. The van der Waals surface area contributed by atoms with E-state index in [1.54, 1.807) is 30.5 Å². The Morgan fingerprint density at radius 2 is 1.66 bits per heavy atom. The van der Waals surface area contributed by atoms with Crippen LogP contribution in [0.25, 0.3) is 0 Å². The summed E-state index contributed by atoms with van der Waals surface area (Å²) in [6, 6.07) is 15.9. The Bertz CT molecular complexity index is 1130. The van der Waals surface area contributed by atoms with E-state index in [-0.39, 0.29) is 17.4 Å². The van der Waals surface area contributed by atoms with Crippen LogP contribution in [0.5, 0.6) is 0 Å². The first kappa shape index (κ1) is 20.1. The molecule has 2 aromatic carbocycles. The third-order valence-electron chi connectivity index (χ3n) is 4.53. The van der Waals surface area contributed by atoms with Gasteiger partial charge in [0.05, 0.1) is 12.1 Å². The van der Waals surface area contributed by atoms with Gasteiger partial charge < -0.3 is 15.2 Å². The molecule has 2 N–H and O–H groups in total. The average molecular weight is 389 g/mol. The third-order valence-corrected chi connectivity index (χ3v) is 4.53. The summed E-state index contributed by atoms with van der Waals surface area (Å²) in [5.41, 5.74) is 4.59. The summed E-state index contributed by atoms with van der Waals surface area (Å²) >= 11 is 0. The number of benzene rings is 2. The Labute approximate surface area is 169 Å². The lowest BCUT2D eigenvalue weighted by Crippen LogP contribution is -2.23. The number of hydrogen-bond donors (Lipinski definition) is 2. The first-order valence-electron chi connectivity index (χ1n) is 9.27. The van der Waals surface area contributed by atoms with Gasteiger partial charge in [0.15, 0.2) is 0 Å². The van der Waals surface area contributed by atoms with Gasteiger partial charge in [-0.1, -0.05) is 29.8 Å². The molecule has 3 aromatic rings. The molecule has 1 heterocycles. The van der Waals surface area contributed by atoms with Crippen molar-refractivity contribution < 1.29 is 9.59 Å². The van der Waals surface area contributed by atoms with Crippen LogP contribution in [-0.4, -0.2) is 16.4 Å². The minimum absolute atomic E-state index is 0.171. The highest BCUT2D eigenvalue weighted by atomic mass is 16.2. The minimum Gasteiger partial charge on any atom is -0.326 e. The van der Waals surface area contributed by atoms with Gasteiger partial charge in [0.25, 0.3) is 11.5 Å². The van der Waals surface area contributed by atoms with Gasteiger partial charge in [0.1, 0.15) is 0 Å². The van der Waals surface area contributed by atoms with Crippen LogP contribution in [0.3, 0.4) is 0 Å². The molecule has 6 heteroatoms. The molecule has 1 aromatic heterocycles. The van der Waals surface area contributed by atoms with E-state index in [9.17, 15) is 14.4 Å². The maximum absolute atomic E-state index is 12.7. The average Bonchev–Trinajstić information content (AvgIpc) is 2.66. The normalized spacial score (nSPS) is 10.4. The topological polar surface area (TPSA) is 80.2 Å². The second kappa shape index (κ2) is 8.56. The summed E-state index contributed by atoms with van der Waals surface area (Å²) < 4.78 is 1.53. The first-order valence-corrected chi connectivity index (χ1v) is 9.27. The molecule has 6 nitrogen and oxygen atoms in total. The fourth-order valence-corrected chi connectivity index (χ4v) is 3.02. The zero-order valence-electron chi connectivity index (χ0n) is 16.7. The smallest absolute Gasteiger partial charge is 0.257 e. The molecule has 0 fully saturated rings. The maximum Gasteiger partial charge on any atom is 0.257 e. The molecule has 29 heavy (non-hydrogen) atoms. The third kappa shape index (κ3) is 5.19. The van der Waals surface area contributed by atoms with Crippen LogP contribution in [-0.2, 0) is 11.3 Å². The van der Waals surface area contributed by atoms with E-state index in [4.69, 9.17) is 0 Å². The molecular weight excluding hydrogens is 366 g/mol. The van der Waals surface area contributed by atoms with Gasteiger partial charge in [-0.3, -0.25) is 14.4 Å². The van der Waals surface area contributed by atoms with Crippen molar-refractivity contribution in [2.45, 2.75) is 27.3 Å². The van der Waals surface area contributed by atoms with Gasteiger partial charge in [-0.25, -0.2) is 0 Å². The lowest BCUT2D eigenvalue weighted by Gasteiger charge is -2.12. The number of nitrogens with zero attached hydrogens (tertiary/aromatic N) is 1. The number of nitrogens with one attached hydrogen (secondary N) is 2. The number of carbonyl (C=O) groups excluding carboxylic acids is 2. The molecule has 0 aliphatic heterocycles. The van der Waals surface area contributed by atoms with E-state index in [2.05, 4.69) is 10.6 Å². The van der Waals surface area contributed by atoms with Gasteiger partial charge in [0.2, 0.25) is 5.91 Å². The molecule has 0 aliphatic carbocycles. The summed E-state index contributed by atoms with van der Waals surface area (Å²) in [6.07, 6.45) is 1.57. The Balaban J connectivity index is 1.82. The van der Waals surface area contributed by atoms with Crippen molar-refractivity contribution in [3.8, 4) is 0 Å². The molecule has 0 aliphatic rings. The predicted octanol–water partition coefficient (Wildman–Crippen LogP) is 3.72. The molecule has 0 saturated heterocycles.